The molecule has 3 aliphatic rings. The van der Waals surface area contributed by atoms with Gasteiger partial charge in [0.25, 0.3) is 0 Å². The zero-order valence-electron chi connectivity index (χ0n) is 17.3. The van der Waals surface area contributed by atoms with Gasteiger partial charge in [0.15, 0.2) is 0 Å². The minimum atomic E-state index is -0.593. The molecule has 1 unspecified atom stereocenters. The molecule has 0 amide bonds. The third-order valence-electron chi connectivity index (χ3n) is 6.69. The second kappa shape index (κ2) is 9.25. The van der Waals surface area contributed by atoms with Crippen LogP contribution in [-0.2, 0) is 19.1 Å². The van der Waals surface area contributed by atoms with Crippen LogP contribution in [0.3, 0.4) is 0 Å². The number of cyclic esters (lactones) is 1. The van der Waals surface area contributed by atoms with E-state index in [1.165, 1.54) is 5.57 Å². The van der Waals surface area contributed by atoms with Crippen molar-refractivity contribution in [3.8, 4) is 0 Å². The zero-order valence-corrected chi connectivity index (χ0v) is 17.3. The van der Waals surface area contributed by atoms with Crippen molar-refractivity contribution >= 4 is 11.9 Å². The Balaban J connectivity index is 1.70. The summed E-state index contributed by atoms with van der Waals surface area (Å²) in [5.74, 6) is 0.426. The van der Waals surface area contributed by atoms with Crippen LogP contribution >= 0.6 is 0 Å². The number of carbonyl (C=O) groups excluding carboxylic acids is 2. The molecular formula is C23H34O5. The van der Waals surface area contributed by atoms with E-state index >= 15 is 0 Å². The molecule has 0 aromatic heterocycles. The van der Waals surface area contributed by atoms with Crippen LogP contribution < -0.4 is 0 Å². The molecule has 0 radical (unpaired) electrons. The lowest BCUT2D eigenvalue weighted by atomic mass is 9.66. The molecule has 0 aromatic rings. The van der Waals surface area contributed by atoms with Crippen molar-refractivity contribution < 1.29 is 24.2 Å². The number of hydrogen-bond donors (Lipinski definition) is 1. The average Bonchev–Trinajstić information content (AvgIpc) is 2.66. The highest BCUT2D eigenvalue weighted by Crippen LogP contribution is 2.44. The maximum absolute atomic E-state index is 12.4. The van der Waals surface area contributed by atoms with Crippen LogP contribution in [0.5, 0.6) is 0 Å². The van der Waals surface area contributed by atoms with E-state index in [9.17, 15) is 14.7 Å². The van der Waals surface area contributed by atoms with Crippen molar-refractivity contribution in [2.75, 3.05) is 0 Å². The molecule has 0 saturated carbocycles. The molecule has 1 heterocycles. The van der Waals surface area contributed by atoms with Crippen molar-refractivity contribution in [2.24, 2.45) is 23.7 Å². The van der Waals surface area contributed by atoms with E-state index in [0.29, 0.717) is 18.3 Å². The summed E-state index contributed by atoms with van der Waals surface area (Å²) in [7, 11) is 0. The third kappa shape index (κ3) is 4.86. The van der Waals surface area contributed by atoms with E-state index in [0.717, 1.165) is 32.1 Å². The monoisotopic (exact) mass is 390 g/mol. The summed E-state index contributed by atoms with van der Waals surface area (Å²) < 4.78 is 11.4. The standard InChI is InChI=1S/C23H34O5/c1-4-14(2)23(26)28-20-7-5-6-16-9-8-15(3)19(22(16)20)11-10-18-12-17(24)13-21(25)27-18/h6,8-9,14-15,17-20,22,24H,4-5,7,10-13H2,1-3H3/t14-,15-,17+,18+,19-,20-,22?/m0/s1. The summed E-state index contributed by atoms with van der Waals surface area (Å²) in [4.78, 5) is 24.1. The third-order valence-corrected chi connectivity index (χ3v) is 6.69. The molecule has 1 N–H and O–H groups in total. The van der Waals surface area contributed by atoms with Crippen LogP contribution in [0.25, 0.3) is 0 Å². The number of aliphatic hydroxyl groups excluding tert-OH is 1. The second-order valence-corrected chi connectivity index (χ2v) is 8.76. The maximum Gasteiger partial charge on any atom is 0.308 e. The van der Waals surface area contributed by atoms with Crippen molar-refractivity contribution in [1.29, 1.82) is 0 Å². The van der Waals surface area contributed by atoms with Crippen LogP contribution in [0.2, 0.25) is 0 Å². The van der Waals surface area contributed by atoms with E-state index in [-0.39, 0.29) is 42.4 Å². The molecule has 7 atom stereocenters. The van der Waals surface area contributed by atoms with Crippen LogP contribution in [0, 0.1) is 23.7 Å². The van der Waals surface area contributed by atoms with Crippen molar-refractivity contribution in [3.63, 3.8) is 0 Å². The molecule has 2 aliphatic carbocycles. The second-order valence-electron chi connectivity index (χ2n) is 8.76. The minimum absolute atomic E-state index is 0.0764. The highest BCUT2D eigenvalue weighted by atomic mass is 16.5. The largest absolute Gasteiger partial charge is 0.462 e. The first-order valence-corrected chi connectivity index (χ1v) is 10.8. The van der Waals surface area contributed by atoms with Gasteiger partial charge in [-0.2, -0.15) is 0 Å². The number of carbonyl (C=O) groups is 2. The summed E-state index contributed by atoms with van der Waals surface area (Å²) >= 11 is 0. The summed E-state index contributed by atoms with van der Waals surface area (Å²) in [5.41, 5.74) is 1.27. The topological polar surface area (TPSA) is 72.8 Å². The maximum atomic E-state index is 12.4. The van der Waals surface area contributed by atoms with Crippen LogP contribution in [-0.4, -0.2) is 35.4 Å². The Morgan fingerprint density at radius 1 is 1.39 bits per heavy atom. The van der Waals surface area contributed by atoms with Crippen molar-refractivity contribution in [3.05, 3.63) is 23.8 Å². The Hall–Kier alpha value is -1.62. The summed E-state index contributed by atoms with van der Waals surface area (Å²) in [6.07, 6.45) is 10.6. The lowest BCUT2D eigenvalue weighted by molar-refractivity contribution is -0.162. The van der Waals surface area contributed by atoms with E-state index in [1.807, 2.05) is 13.8 Å². The number of allylic oxidation sites excluding steroid dienone is 3. The first kappa shape index (κ1) is 21.1. The number of esters is 2. The van der Waals surface area contributed by atoms with Gasteiger partial charge in [-0.25, -0.2) is 0 Å². The Morgan fingerprint density at radius 2 is 2.18 bits per heavy atom. The number of fused-ring (bicyclic) bond motifs is 1. The molecule has 0 bridgehead atoms. The summed E-state index contributed by atoms with van der Waals surface area (Å²) in [6, 6.07) is 0. The normalized spacial score (nSPS) is 36.1. The van der Waals surface area contributed by atoms with Crippen LogP contribution in [0.1, 0.15) is 65.7 Å². The fourth-order valence-corrected chi connectivity index (χ4v) is 4.80. The summed E-state index contributed by atoms with van der Waals surface area (Å²) in [5, 5.41) is 9.86. The van der Waals surface area contributed by atoms with Gasteiger partial charge in [0.05, 0.1) is 18.4 Å². The van der Waals surface area contributed by atoms with Gasteiger partial charge in [0, 0.05) is 12.3 Å². The highest BCUT2D eigenvalue weighted by Gasteiger charge is 2.40. The number of aliphatic hydroxyl groups is 1. The Bertz CT molecular complexity index is 637. The molecule has 3 rings (SSSR count). The van der Waals surface area contributed by atoms with Gasteiger partial charge >= 0.3 is 11.9 Å². The van der Waals surface area contributed by atoms with Gasteiger partial charge in [-0.1, -0.05) is 39.0 Å². The van der Waals surface area contributed by atoms with Gasteiger partial charge in [-0.3, -0.25) is 9.59 Å². The Kier molecular flexibility index (Phi) is 6.97. The van der Waals surface area contributed by atoms with Crippen molar-refractivity contribution in [2.45, 2.75) is 84.0 Å². The number of ether oxygens (including phenoxy) is 2. The smallest absolute Gasteiger partial charge is 0.308 e. The van der Waals surface area contributed by atoms with Gasteiger partial charge in [-0.15, -0.1) is 0 Å². The lowest BCUT2D eigenvalue weighted by Gasteiger charge is -2.42. The SMILES string of the molecule is CC[C@H](C)C(=O)O[C@H]1CCC=C2C=C[C@H](C)[C@H](CC[C@@H]3C[C@@H](O)CC(=O)O3)C21. The van der Waals surface area contributed by atoms with Gasteiger partial charge in [0.1, 0.15) is 12.2 Å². The fourth-order valence-electron chi connectivity index (χ4n) is 4.80. The van der Waals surface area contributed by atoms with E-state index in [2.05, 4.69) is 25.2 Å². The molecule has 1 fully saturated rings. The van der Waals surface area contributed by atoms with Gasteiger partial charge < -0.3 is 14.6 Å². The molecule has 1 aliphatic heterocycles. The average molecular weight is 391 g/mol. The molecule has 28 heavy (non-hydrogen) atoms. The number of hydrogen-bond acceptors (Lipinski definition) is 5. The molecule has 0 spiro atoms. The Labute approximate surface area is 168 Å². The molecule has 5 nitrogen and oxygen atoms in total. The predicted octanol–water partition coefficient (Wildman–Crippen LogP) is 3.95. The zero-order chi connectivity index (χ0) is 20.3. The van der Waals surface area contributed by atoms with Crippen molar-refractivity contribution in [1.82, 2.24) is 0 Å². The molecular weight excluding hydrogens is 356 g/mol. The first-order chi connectivity index (χ1) is 13.4. The van der Waals surface area contributed by atoms with E-state index in [4.69, 9.17) is 9.47 Å². The van der Waals surface area contributed by atoms with Gasteiger partial charge in [0.2, 0.25) is 0 Å². The van der Waals surface area contributed by atoms with Gasteiger partial charge in [-0.05, 0) is 49.5 Å². The number of rotatable bonds is 6. The van der Waals surface area contributed by atoms with Crippen LogP contribution in [0.4, 0.5) is 0 Å². The molecule has 5 heteroatoms. The molecule has 1 saturated heterocycles. The highest BCUT2D eigenvalue weighted by molar-refractivity contribution is 5.72. The molecule has 0 aromatic carbocycles. The predicted molar refractivity (Wildman–Crippen MR) is 106 cm³/mol. The fraction of sp³-hybridized carbons (Fsp3) is 0.739. The lowest BCUT2D eigenvalue weighted by Crippen LogP contribution is -2.40. The molecule has 156 valence electrons. The van der Waals surface area contributed by atoms with E-state index < -0.39 is 6.10 Å². The quantitative estimate of drug-likeness (QED) is 0.695. The summed E-state index contributed by atoms with van der Waals surface area (Å²) in [6.45, 7) is 6.14. The first-order valence-electron chi connectivity index (χ1n) is 10.8. The van der Waals surface area contributed by atoms with E-state index in [1.54, 1.807) is 0 Å². The Morgan fingerprint density at radius 3 is 2.89 bits per heavy atom. The van der Waals surface area contributed by atoms with Crippen LogP contribution in [0.15, 0.2) is 23.8 Å². The minimum Gasteiger partial charge on any atom is -0.462 e.